The summed E-state index contributed by atoms with van der Waals surface area (Å²) >= 11 is 0. The Labute approximate surface area is 109 Å². The number of anilines is 3. The number of rotatable bonds is 5. The van der Waals surface area contributed by atoms with Gasteiger partial charge < -0.3 is 10.6 Å². The number of hydrogen-bond donors (Lipinski definition) is 2. The van der Waals surface area contributed by atoms with Crippen molar-refractivity contribution in [3.8, 4) is 0 Å². The van der Waals surface area contributed by atoms with Gasteiger partial charge in [0.25, 0.3) is 0 Å². The van der Waals surface area contributed by atoms with E-state index in [0.29, 0.717) is 12.5 Å². The Hall–Kier alpha value is -2.24. The van der Waals surface area contributed by atoms with Crippen LogP contribution in [0.5, 0.6) is 0 Å². The lowest BCUT2D eigenvalue weighted by Crippen LogP contribution is -2.07. The monoisotopic (exact) mass is 264 g/mol. The zero-order chi connectivity index (χ0) is 13.7. The van der Waals surface area contributed by atoms with Crippen molar-refractivity contribution >= 4 is 17.5 Å². The molecule has 2 rings (SSSR count). The van der Waals surface area contributed by atoms with Crippen molar-refractivity contribution in [3.63, 3.8) is 0 Å². The maximum atomic E-state index is 13.6. The maximum absolute atomic E-state index is 13.6. The fourth-order valence-electron chi connectivity index (χ4n) is 1.47. The second-order valence-corrected chi connectivity index (χ2v) is 3.92. The predicted molar refractivity (Wildman–Crippen MR) is 70.5 cm³/mol. The van der Waals surface area contributed by atoms with Crippen molar-refractivity contribution in [1.82, 2.24) is 9.97 Å². The summed E-state index contributed by atoms with van der Waals surface area (Å²) in [5.74, 6) is -0.852. The van der Waals surface area contributed by atoms with E-state index in [2.05, 4.69) is 20.6 Å². The quantitative estimate of drug-likeness (QED) is 0.869. The molecule has 0 unspecified atom stereocenters. The zero-order valence-electron chi connectivity index (χ0n) is 10.5. The van der Waals surface area contributed by atoms with E-state index < -0.39 is 11.6 Å². The summed E-state index contributed by atoms with van der Waals surface area (Å²) in [6.07, 6.45) is 1.95. The topological polar surface area (TPSA) is 49.8 Å². The first-order chi connectivity index (χ1) is 9.20. The van der Waals surface area contributed by atoms with Crippen molar-refractivity contribution in [2.75, 3.05) is 17.2 Å². The van der Waals surface area contributed by atoms with Crippen molar-refractivity contribution < 1.29 is 8.78 Å². The number of benzene rings is 1. The third-order valence-corrected chi connectivity index (χ3v) is 2.40. The van der Waals surface area contributed by atoms with Gasteiger partial charge in [0.05, 0.1) is 11.9 Å². The standard InChI is InChI=1S/C13H14F2N4/c1-2-7-16-13-17-8-10(15)12(19-13)18-11-6-4-3-5-9(11)14/h3-6,8H,2,7H2,1H3,(H2,16,17,18,19). The van der Waals surface area contributed by atoms with Crippen LogP contribution in [-0.2, 0) is 0 Å². The predicted octanol–water partition coefficient (Wildman–Crippen LogP) is 3.32. The largest absolute Gasteiger partial charge is 0.354 e. The summed E-state index contributed by atoms with van der Waals surface area (Å²) in [7, 11) is 0. The lowest BCUT2D eigenvalue weighted by Gasteiger charge is -2.09. The Morgan fingerprint density at radius 1 is 1.16 bits per heavy atom. The molecule has 0 aliphatic rings. The van der Waals surface area contributed by atoms with Crippen LogP contribution in [0.3, 0.4) is 0 Å². The Bertz CT molecular complexity index is 560. The molecule has 100 valence electrons. The molecule has 6 heteroatoms. The first-order valence-electron chi connectivity index (χ1n) is 5.98. The van der Waals surface area contributed by atoms with Crippen LogP contribution in [0.1, 0.15) is 13.3 Å². The normalized spacial score (nSPS) is 10.3. The lowest BCUT2D eigenvalue weighted by atomic mass is 10.3. The minimum Gasteiger partial charge on any atom is -0.354 e. The summed E-state index contributed by atoms with van der Waals surface area (Å²) in [6, 6.07) is 6.01. The van der Waals surface area contributed by atoms with E-state index in [1.54, 1.807) is 12.1 Å². The average Bonchev–Trinajstić information content (AvgIpc) is 2.42. The second kappa shape index (κ2) is 6.08. The Kier molecular flexibility index (Phi) is 4.22. The summed E-state index contributed by atoms with van der Waals surface area (Å²) in [6.45, 7) is 2.68. The van der Waals surface area contributed by atoms with Gasteiger partial charge in [-0.3, -0.25) is 0 Å². The Balaban J connectivity index is 2.21. The van der Waals surface area contributed by atoms with Gasteiger partial charge >= 0.3 is 0 Å². The third-order valence-electron chi connectivity index (χ3n) is 2.40. The number of aromatic nitrogens is 2. The molecular weight excluding hydrogens is 250 g/mol. The summed E-state index contributed by atoms with van der Waals surface area (Å²) in [5.41, 5.74) is 0.168. The summed E-state index contributed by atoms with van der Waals surface area (Å²) in [4.78, 5) is 7.78. The fourth-order valence-corrected chi connectivity index (χ4v) is 1.47. The Morgan fingerprint density at radius 2 is 1.95 bits per heavy atom. The van der Waals surface area contributed by atoms with Crippen molar-refractivity contribution in [2.24, 2.45) is 0 Å². The van der Waals surface area contributed by atoms with E-state index in [9.17, 15) is 8.78 Å². The highest BCUT2D eigenvalue weighted by Crippen LogP contribution is 2.20. The van der Waals surface area contributed by atoms with Crippen molar-refractivity contribution in [1.29, 1.82) is 0 Å². The molecule has 0 atom stereocenters. The molecule has 0 saturated carbocycles. The summed E-state index contributed by atoms with van der Waals surface area (Å²) < 4.78 is 27.0. The molecule has 0 saturated heterocycles. The zero-order valence-corrected chi connectivity index (χ0v) is 10.5. The molecule has 2 aromatic rings. The van der Waals surface area contributed by atoms with E-state index in [4.69, 9.17) is 0 Å². The van der Waals surface area contributed by atoms with Gasteiger partial charge in [0.2, 0.25) is 5.95 Å². The molecule has 0 spiro atoms. The minimum absolute atomic E-state index is 0.0568. The molecule has 2 N–H and O–H groups in total. The van der Waals surface area contributed by atoms with Crippen LogP contribution in [-0.4, -0.2) is 16.5 Å². The molecule has 0 aliphatic carbocycles. The molecule has 0 fully saturated rings. The number of nitrogens with zero attached hydrogens (tertiary/aromatic N) is 2. The van der Waals surface area contributed by atoms with Gasteiger partial charge in [0.15, 0.2) is 11.6 Å². The lowest BCUT2D eigenvalue weighted by molar-refractivity contribution is 0.616. The van der Waals surface area contributed by atoms with Gasteiger partial charge in [0.1, 0.15) is 5.82 Å². The fraction of sp³-hybridized carbons (Fsp3) is 0.231. The van der Waals surface area contributed by atoms with Gasteiger partial charge in [-0.1, -0.05) is 19.1 Å². The first kappa shape index (κ1) is 13.2. The number of hydrogen-bond acceptors (Lipinski definition) is 4. The van der Waals surface area contributed by atoms with Gasteiger partial charge in [-0.2, -0.15) is 4.98 Å². The molecule has 0 radical (unpaired) electrons. The van der Waals surface area contributed by atoms with Crippen molar-refractivity contribution in [3.05, 3.63) is 42.1 Å². The Morgan fingerprint density at radius 3 is 2.68 bits per heavy atom. The third kappa shape index (κ3) is 3.37. The van der Waals surface area contributed by atoms with E-state index in [-0.39, 0.29) is 11.5 Å². The van der Waals surface area contributed by atoms with E-state index in [0.717, 1.165) is 12.6 Å². The number of halogens is 2. The van der Waals surface area contributed by atoms with Crippen LogP contribution in [0.25, 0.3) is 0 Å². The highest BCUT2D eigenvalue weighted by atomic mass is 19.1. The number of nitrogens with one attached hydrogen (secondary N) is 2. The smallest absolute Gasteiger partial charge is 0.224 e. The van der Waals surface area contributed by atoms with Crippen LogP contribution in [0, 0.1) is 11.6 Å². The van der Waals surface area contributed by atoms with Crippen LogP contribution in [0.15, 0.2) is 30.5 Å². The number of para-hydroxylation sites is 1. The van der Waals surface area contributed by atoms with Gasteiger partial charge in [-0.15, -0.1) is 0 Å². The molecule has 0 bridgehead atoms. The van der Waals surface area contributed by atoms with E-state index in [1.165, 1.54) is 12.1 Å². The first-order valence-corrected chi connectivity index (χ1v) is 5.98. The molecule has 1 aromatic heterocycles. The van der Waals surface area contributed by atoms with Crippen LogP contribution >= 0.6 is 0 Å². The molecule has 1 heterocycles. The minimum atomic E-state index is -0.634. The molecule has 19 heavy (non-hydrogen) atoms. The second-order valence-electron chi connectivity index (χ2n) is 3.92. The van der Waals surface area contributed by atoms with E-state index >= 15 is 0 Å². The molecule has 1 aromatic carbocycles. The summed E-state index contributed by atoms with van der Waals surface area (Å²) in [5, 5.41) is 5.56. The molecule has 0 amide bonds. The van der Waals surface area contributed by atoms with Gasteiger partial charge in [-0.25, -0.2) is 13.8 Å². The van der Waals surface area contributed by atoms with Crippen molar-refractivity contribution in [2.45, 2.75) is 13.3 Å². The molecule has 0 aliphatic heterocycles. The SMILES string of the molecule is CCCNc1ncc(F)c(Nc2ccccc2F)n1. The van der Waals surface area contributed by atoms with Crippen LogP contribution in [0.2, 0.25) is 0 Å². The maximum Gasteiger partial charge on any atom is 0.224 e. The van der Waals surface area contributed by atoms with Gasteiger partial charge in [0, 0.05) is 6.54 Å². The highest BCUT2D eigenvalue weighted by molar-refractivity contribution is 5.57. The van der Waals surface area contributed by atoms with Crippen LogP contribution < -0.4 is 10.6 Å². The van der Waals surface area contributed by atoms with Gasteiger partial charge in [-0.05, 0) is 18.6 Å². The molecular formula is C13H14F2N4. The average molecular weight is 264 g/mol. The highest BCUT2D eigenvalue weighted by Gasteiger charge is 2.09. The molecule has 4 nitrogen and oxygen atoms in total. The van der Waals surface area contributed by atoms with Crippen LogP contribution in [0.4, 0.5) is 26.2 Å². The van der Waals surface area contributed by atoms with E-state index in [1.807, 2.05) is 6.92 Å².